The fraction of sp³-hybridized carbons (Fsp3) is 0.292. The second-order valence-corrected chi connectivity index (χ2v) is 8.69. The number of carbonyl (C=O) groups is 3. The van der Waals surface area contributed by atoms with Gasteiger partial charge in [0.15, 0.2) is 0 Å². The zero-order valence-corrected chi connectivity index (χ0v) is 19.1. The number of imide groups is 1. The van der Waals surface area contributed by atoms with E-state index in [1.165, 1.54) is 6.07 Å². The van der Waals surface area contributed by atoms with Gasteiger partial charge in [-0.1, -0.05) is 36.2 Å². The minimum Gasteiger partial charge on any atom is -0.350 e. The Morgan fingerprint density at radius 1 is 1.06 bits per heavy atom. The Hall–Kier alpha value is -2.83. The van der Waals surface area contributed by atoms with Crippen LogP contribution < -0.4 is 10.2 Å². The average Bonchev–Trinajstić information content (AvgIpc) is 3.02. The van der Waals surface area contributed by atoms with Crippen LogP contribution in [-0.2, 0) is 9.59 Å². The van der Waals surface area contributed by atoms with E-state index in [9.17, 15) is 14.4 Å². The van der Waals surface area contributed by atoms with Gasteiger partial charge in [0.2, 0.25) is 0 Å². The van der Waals surface area contributed by atoms with Crippen LogP contribution in [0.3, 0.4) is 0 Å². The van der Waals surface area contributed by atoms with E-state index in [1.54, 1.807) is 42.5 Å². The van der Waals surface area contributed by atoms with E-state index in [0.717, 1.165) is 37.1 Å². The molecular weight excluding hydrogens is 449 g/mol. The first-order chi connectivity index (χ1) is 15.4. The normalized spacial score (nSPS) is 19.0. The molecule has 0 saturated carbocycles. The van der Waals surface area contributed by atoms with E-state index in [4.69, 9.17) is 23.2 Å². The molecule has 4 rings (SSSR count). The number of nitrogens with zero attached hydrogens (tertiary/aromatic N) is 2. The van der Waals surface area contributed by atoms with Crippen LogP contribution in [-0.4, -0.2) is 35.2 Å². The van der Waals surface area contributed by atoms with E-state index in [0.29, 0.717) is 22.0 Å². The summed E-state index contributed by atoms with van der Waals surface area (Å²) in [6, 6.07) is 13.6. The van der Waals surface area contributed by atoms with Gasteiger partial charge >= 0.3 is 0 Å². The van der Waals surface area contributed by atoms with Crippen LogP contribution in [0.25, 0.3) is 0 Å². The quantitative estimate of drug-likeness (QED) is 0.609. The Kier molecular flexibility index (Phi) is 6.53. The predicted octanol–water partition coefficient (Wildman–Crippen LogP) is 5.18. The maximum Gasteiger partial charge on any atom is 0.283 e. The zero-order valence-electron chi connectivity index (χ0n) is 17.6. The number of likely N-dealkylation sites (tertiary alicyclic amines) is 1. The Bertz CT molecular complexity index is 1100. The van der Waals surface area contributed by atoms with Gasteiger partial charge in [0.05, 0.1) is 5.69 Å². The molecule has 3 amide bonds. The summed E-state index contributed by atoms with van der Waals surface area (Å²) in [4.78, 5) is 41.4. The van der Waals surface area contributed by atoms with Gasteiger partial charge in [-0.3, -0.25) is 14.4 Å². The van der Waals surface area contributed by atoms with Crippen molar-refractivity contribution < 1.29 is 14.4 Å². The van der Waals surface area contributed by atoms with Gasteiger partial charge in [0, 0.05) is 28.9 Å². The van der Waals surface area contributed by atoms with Gasteiger partial charge in [-0.05, 0) is 68.1 Å². The third-order valence-corrected chi connectivity index (χ3v) is 6.44. The van der Waals surface area contributed by atoms with Gasteiger partial charge in [-0.15, -0.1) is 0 Å². The van der Waals surface area contributed by atoms with Crippen molar-refractivity contribution in [2.45, 2.75) is 38.6 Å². The number of benzene rings is 2. The van der Waals surface area contributed by atoms with Gasteiger partial charge in [0.25, 0.3) is 17.7 Å². The number of nitrogens with one attached hydrogen (secondary N) is 1. The topological polar surface area (TPSA) is 69.7 Å². The van der Waals surface area contributed by atoms with Crippen LogP contribution in [0.4, 0.5) is 11.4 Å². The molecule has 2 heterocycles. The summed E-state index contributed by atoms with van der Waals surface area (Å²) in [7, 11) is 0. The van der Waals surface area contributed by atoms with Crippen LogP contribution in [0, 0.1) is 0 Å². The maximum atomic E-state index is 13.0. The summed E-state index contributed by atoms with van der Waals surface area (Å²) in [5.41, 5.74) is 1.47. The summed E-state index contributed by atoms with van der Waals surface area (Å²) in [5.74, 6) is -1.18. The SMILES string of the molecule is CCC1CCCCN1C(=O)c1ccc(NC2=C(Cl)C(=O)N(c3cccc(Cl)c3)C2=O)cc1. The lowest BCUT2D eigenvalue weighted by Crippen LogP contribution is -2.43. The van der Waals surface area contributed by atoms with Crippen molar-refractivity contribution in [2.75, 3.05) is 16.8 Å². The van der Waals surface area contributed by atoms with Crippen molar-refractivity contribution in [3.8, 4) is 0 Å². The molecule has 1 fully saturated rings. The van der Waals surface area contributed by atoms with Crippen LogP contribution in [0.2, 0.25) is 5.02 Å². The Morgan fingerprint density at radius 2 is 1.81 bits per heavy atom. The first-order valence-electron chi connectivity index (χ1n) is 10.6. The second-order valence-electron chi connectivity index (χ2n) is 7.87. The number of halogens is 2. The van der Waals surface area contributed by atoms with E-state index in [-0.39, 0.29) is 22.7 Å². The van der Waals surface area contributed by atoms with Gasteiger partial charge in [-0.2, -0.15) is 0 Å². The number of piperidine rings is 1. The molecule has 8 heteroatoms. The third kappa shape index (κ3) is 4.25. The molecule has 1 atom stereocenters. The fourth-order valence-electron chi connectivity index (χ4n) is 4.16. The molecule has 166 valence electrons. The van der Waals surface area contributed by atoms with E-state index in [1.807, 2.05) is 4.90 Å². The molecule has 2 aliphatic rings. The molecule has 1 N–H and O–H groups in total. The molecule has 0 radical (unpaired) electrons. The molecule has 1 saturated heterocycles. The highest BCUT2D eigenvalue weighted by Gasteiger charge is 2.39. The van der Waals surface area contributed by atoms with Crippen LogP contribution in [0.1, 0.15) is 43.0 Å². The molecule has 2 aromatic rings. The van der Waals surface area contributed by atoms with Crippen molar-refractivity contribution in [3.63, 3.8) is 0 Å². The summed E-state index contributed by atoms with van der Waals surface area (Å²) in [6.07, 6.45) is 4.15. The molecule has 2 aromatic carbocycles. The van der Waals surface area contributed by atoms with E-state index in [2.05, 4.69) is 12.2 Å². The predicted molar refractivity (Wildman–Crippen MR) is 126 cm³/mol. The summed E-state index contributed by atoms with van der Waals surface area (Å²) in [5, 5.41) is 3.13. The highest BCUT2D eigenvalue weighted by Crippen LogP contribution is 2.31. The van der Waals surface area contributed by atoms with Gasteiger partial charge in [-0.25, -0.2) is 4.90 Å². The number of hydrogen-bond acceptors (Lipinski definition) is 4. The van der Waals surface area contributed by atoms with E-state index < -0.39 is 11.8 Å². The molecule has 32 heavy (non-hydrogen) atoms. The largest absolute Gasteiger partial charge is 0.350 e. The Balaban J connectivity index is 1.50. The van der Waals surface area contributed by atoms with Crippen molar-refractivity contribution in [3.05, 3.63) is 69.8 Å². The van der Waals surface area contributed by atoms with Crippen molar-refractivity contribution >= 4 is 52.3 Å². The van der Waals surface area contributed by atoms with Gasteiger partial charge in [0.1, 0.15) is 10.7 Å². The van der Waals surface area contributed by atoms with Crippen LogP contribution >= 0.6 is 23.2 Å². The number of amides is 3. The monoisotopic (exact) mass is 471 g/mol. The Labute approximate surface area is 196 Å². The first kappa shape index (κ1) is 22.4. The highest BCUT2D eigenvalue weighted by molar-refractivity contribution is 6.53. The minimum absolute atomic E-state index is 0.0135. The first-order valence-corrected chi connectivity index (χ1v) is 11.4. The lowest BCUT2D eigenvalue weighted by atomic mass is 9.99. The van der Waals surface area contributed by atoms with Crippen molar-refractivity contribution in [1.82, 2.24) is 4.90 Å². The number of hydrogen-bond donors (Lipinski definition) is 1. The summed E-state index contributed by atoms with van der Waals surface area (Å²) >= 11 is 12.2. The molecule has 1 unspecified atom stereocenters. The third-order valence-electron chi connectivity index (χ3n) is 5.85. The van der Waals surface area contributed by atoms with Crippen molar-refractivity contribution in [2.24, 2.45) is 0 Å². The van der Waals surface area contributed by atoms with Gasteiger partial charge < -0.3 is 10.2 Å². The number of anilines is 2. The lowest BCUT2D eigenvalue weighted by Gasteiger charge is -2.35. The minimum atomic E-state index is -0.621. The highest BCUT2D eigenvalue weighted by atomic mass is 35.5. The number of rotatable bonds is 5. The van der Waals surface area contributed by atoms with Crippen LogP contribution in [0.15, 0.2) is 59.3 Å². The summed E-state index contributed by atoms with van der Waals surface area (Å²) < 4.78 is 0. The summed E-state index contributed by atoms with van der Waals surface area (Å²) in [6.45, 7) is 2.88. The zero-order chi connectivity index (χ0) is 22.8. The molecule has 0 aliphatic carbocycles. The standard InChI is InChI=1S/C24H23Cl2N3O3/c1-2-18-7-3-4-13-28(18)22(30)15-9-11-17(12-10-15)27-21-20(26)23(31)29(24(21)32)19-8-5-6-16(25)14-19/h5-6,8-12,14,18,27H,2-4,7,13H2,1H3. The molecular formula is C24H23Cl2N3O3. The maximum absolute atomic E-state index is 13.0. The van der Waals surface area contributed by atoms with Crippen molar-refractivity contribution in [1.29, 1.82) is 0 Å². The molecule has 0 aromatic heterocycles. The smallest absolute Gasteiger partial charge is 0.283 e. The molecule has 0 bridgehead atoms. The molecule has 2 aliphatic heterocycles. The fourth-order valence-corrected chi connectivity index (χ4v) is 4.56. The Morgan fingerprint density at radius 3 is 2.50 bits per heavy atom. The van der Waals surface area contributed by atoms with Crippen LogP contribution in [0.5, 0.6) is 0 Å². The average molecular weight is 472 g/mol. The molecule has 0 spiro atoms. The second kappa shape index (κ2) is 9.35. The van der Waals surface area contributed by atoms with E-state index >= 15 is 0 Å². The molecule has 6 nitrogen and oxygen atoms in total. The number of carbonyl (C=O) groups excluding carboxylic acids is 3. The lowest BCUT2D eigenvalue weighted by molar-refractivity contribution is -0.120.